The average Bonchev–Trinajstić information content (AvgIpc) is 3.84. The summed E-state index contributed by atoms with van der Waals surface area (Å²) in [6.07, 6.45) is 0. The van der Waals surface area contributed by atoms with Gasteiger partial charge in [-0.25, -0.2) is 0 Å². The first kappa shape index (κ1) is 32.4. The molecule has 0 fully saturated rings. The van der Waals surface area contributed by atoms with Crippen LogP contribution in [0.3, 0.4) is 0 Å². The Balaban J connectivity index is 1.05. The Morgan fingerprint density at radius 1 is 0.237 bits per heavy atom. The molecular formula is C58H34O. The minimum atomic E-state index is 0.915. The van der Waals surface area contributed by atoms with Crippen molar-refractivity contribution in [2.75, 3.05) is 0 Å². The highest BCUT2D eigenvalue weighted by molar-refractivity contribution is 6.29. The van der Waals surface area contributed by atoms with Crippen LogP contribution < -0.4 is 0 Å². The van der Waals surface area contributed by atoms with Crippen molar-refractivity contribution in [3.63, 3.8) is 0 Å². The average molecular weight is 747 g/mol. The van der Waals surface area contributed by atoms with E-state index in [0.29, 0.717) is 0 Å². The maximum absolute atomic E-state index is 6.29. The van der Waals surface area contributed by atoms with Crippen LogP contribution in [0, 0.1) is 0 Å². The molecule has 1 aliphatic rings. The Hall–Kier alpha value is -7.74. The molecule has 1 aliphatic carbocycles. The van der Waals surface area contributed by atoms with Crippen LogP contribution in [0.15, 0.2) is 211 Å². The van der Waals surface area contributed by atoms with E-state index in [1.54, 1.807) is 0 Å². The maximum Gasteiger partial charge on any atom is 0.136 e. The van der Waals surface area contributed by atoms with Crippen molar-refractivity contribution in [3.05, 3.63) is 206 Å². The zero-order valence-corrected chi connectivity index (χ0v) is 32.0. The fourth-order valence-electron chi connectivity index (χ4n) is 10.3. The third-order valence-corrected chi connectivity index (χ3v) is 12.8. The largest absolute Gasteiger partial charge is 0.456 e. The van der Waals surface area contributed by atoms with Crippen molar-refractivity contribution in [2.45, 2.75) is 0 Å². The third-order valence-electron chi connectivity index (χ3n) is 12.8. The van der Waals surface area contributed by atoms with Gasteiger partial charge in [0.15, 0.2) is 0 Å². The van der Waals surface area contributed by atoms with Crippen LogP contribution in [0.25, 0.3) is 132 Å². The molecule has 1 aromatic heterocycles. The monoisotopic (exact) mass is 746 g/mol. The summed E-state index contributed by atoms with van der Waals surface area (Å²) in [4.78, 5) is 0. The lowest BCUT2D eigenvalue weighted by molar-refractivity contribution is 0.669. The van der Waals surface area contributed by atoms with E-state index >= 15 is 0 Å². The van der Waals surface area contributed by atoms with Gasteiger partial charge in [0.05, 0.1) is 0 Å². The van der Waals surface area contributed by atoms with Crippen LogP contribution in [0.1, 0.15) is 0 Å². The van der Waals surface area contributed by atoms with Gasteiger partial charge in [-0.05, 0) is 140 Å². The first-order valence-electron chi connectivity index (χ1n) is 20.4. The molecule has 59 heavy (non-hydrogen) atoms. The predicted octanol–water partition coefficient (Wildman–Crippen LogP) is 16.5. The van der Waals surface area contributed by atoms with Gasteiger partial charge in [0.2, 0.25) is 0 Å². The molecule has 0 unspecified atom stereocenters. The van der Waals surface area contributed by atoms with Crippen LogP contribution in [0.4, 0.5) is 0 Å². The molecule has 1 heteroatoms. The van der Waals surface area contributed by atoms with Gasteiger partial charge in [-0.3, -0.25) is 0 Å². The second-order valence-electron chi connectivity index (χ2n) is 15.9. The van der Waals surface area contributed by atoms with E-state index in [9.17, 15) is 0 Å². The summed E-state index contributed by atoms with van der Waals surface area (Å²) in [5.74, 6) is 0. The van der Waals surface area contributed by atoms with Gasteiger partial charge < -0.3 is 4.42 Å². The Kier molecular flexibility index (Phi) is 6.79. The highest BCUT2D eigenvalue weighted by atomic mass is 16.3. The number of rotatable bonds is 4. The van der Waals surface area contributed by atoms with Crippen molar-refractivity contribution in [1.82, 2.24) is 0 Å². The van der Waals surface area contributed by atoms with E-state index in [2.05, 4.69) is 194 Å². The summed E-state index contributed by atoms with van der Waals surface area (Å²) in [5.41, 5.74) is 17.0. The van der Waals surface area contributed by atoms with Gasteiger partial charge >= 0.3 is 0 Å². The quantitative estimate of drug-likeness (QED) is 0.164. The molecule has 0 aliphatic heterocycles. The fraction of sp³-hybridized carbons (Fsp3) is 0. The summed E-state index contributed by atoms with van der Waals surface area (Å²) < 4.78 is 6.29. The standard InChI is InChI=1S/C58H34O/c1-3-14-35(15-4-1)54-46-21-9-10-22-47(46)55(36-16-5-2-6-17-36)58-49-31-30-42(45-23-13-24-48(56(45)49)57(54)58)51-33-39-27-26-37(32-50(39)40-18-7-8-19-41(40)51)38-28-29-44-43-20-11-12-25-52(43)59-53(44)34-38/h1-34H. The highest BCUT2D eigenvalue weighted by Crippen LogP contribution is 2.58. The summed E-state index contributed by atoms with van der Waals surface area (Å²) >= 11 is 0. The van der Waals surface area contributed by atoms with Crippen LogP contribution in [-0.4, -0.2) is 0 Å². The molecular weight excluding hydrogens is 713 g/mol. The van der Waals surface area contributed by atoms with Gasteiger partial charge in [0.1, 0.15) is 11.2 Å². The molecule has 0 saturated heterocycles. The number of hydrogen-bond acceptors (Lipinski definition) is 1. The minimum Gasteiger partial charge on any atom is -0.456 e. The summed E-state index contributed by atoms with van der Waals surface area (Å²) in [6, 6.07) is 75.8. The molecule has 272 valence electrons. The topological polar surface area (TPSA) is 13.1 Å². The molecule has 13 rings (SSSR count). The van der Waals surface area contributed by atoms with Crippen LogP contribution in [0.2, 0.25) is 0 Å². The van der Waals surface area contributed by atoms with E-state index in [0.717, 1.165) is 27.5 Å². The summed E-state index contributed by atoms with van der Waals surface area (Å²) in [5, 5.41) is 12.4. The number of fused-ring (bicyclic) bond motifs is 10. The molecule has 0 N–H and O–H groups in total. The van der Waals surface area contributed by atoms with Gasteiger partial charge in [0, 0.05) is 10.8 Å². The molecule has 12 aromatic rings. The predicted molar refractivity (Wildman–Crippen MR) is 250 cm³/mol. The number of furan rings is 1. The number of hydrogen-bond donors (Lipinski definition) is 0. The molecule has 11 aromatic carbocycles. The van der Waals surface area contributed by atoms with Gasteiger partial charge in [-0.1, -0.05) is 176 Å². The number of para-hydroxylation sites is 1. The van der Waals surface area contributed by atoms with Crippen LogP contribution >= 0.6 is 0 Å². The summed E-state index contributed by atoms with van der Waals surface area (Å²) in [6.45, 7) is 0. The van der Waals surface area contributed by atoms with E-state index in [4.69, 9.17) is 4.42 Å². The Morgan fingerprint density at radius 2 is 0.780 bits per heavy atom. The molecule has 1 heterocycles. The lowest BCUT2D eigenvalue weighted by Crippen LogP contribution is -1.93. The third kappa shape index (κ3) is 4.67. The van der Waals surface area contributed by atoms with E-state index in [1.165, 1.54) is 104 Å². The maximum atomic E-state index is 6.29. The van der Waals surface area contributed by atoms with E-state index in [1.807, 2.05) is 12.1 Å². The SMILES string of the molecule is c1ccc(-c2c3c(c(-c4ccccc4)c4ccccc24)-c2ccc(-c4cc5ccc(-c6ccc7c(c6)oc6ccccc67)cc5c5ccccc45)c4cccc-3c24)cc1. The Labute approximate surface area is 341 Å². The molecule has 0 spiro atoms. The lowest BCUT2D eigenvalue weighted by Gasteiger charge is -2.20. The zero-order valence-electron chi connectivity index (χ0n) is 32.0. The molecule has 0 bridgehead atoms. The second kappa shape index (κ2) is 12.4. The molecule has 0 saturated carbocycles. The second-order valence-corrected chi connectivity index (χ2v) is 15.9. The minimum absolute atomic E-state index is 0.915. The molecule has 1 nitrogen and oxygen atoms in total. The normalized spacial score (nSPS) is 12.1. The van der Waals surface area contributed by atoms with Crippen LogP contribution in [-0.2, 0) is 0 Å². The van der Waals surface area contributed by atoms with Crippen molar-refractivity contribution in [1.29, 1.82) is 0 Å². The van der Waals surface area contributed by atoms with Gasteiger partial charge in [0.25, 0.3) is 0 Å². The van der Waals surface area contributed by atoms with Crippen molar-refractivity contribution in [3.8, 4) is 66.8 Å². The molecule has 0 atom stereocenters. The van der Waals surface area contributed by atoms with Gasteiger partial charge in [-0.15, -0.1) is 0 Å². The number of benzene rings is 11. The first-order chi connectivity index (χ1) is 29.3. The van der Waals surface area contributed by atoms with E-state index < -0.39 is 0 Å². The molecule has 0 amide bonds. The molecule has 0 radical (unpaired) electrons. The Morgan fingerprint density at radius 3 is 1.51 bits per heavy atom. The highest BCUT2D eigenvalue weighted by Gasteiger charge is 2.31. The zero-order chi connectivity index (χ0) is 38.6. The smallest absolute Gasteiger partial charge is 0.136 e. The van der Waals surface area contributed by atoms with Crippen LogP contribution in [0.5, 0.6) is 0 Å². The van der Waals surface area contributed by atoms with E-state index in [-0.39, 0.29) is 0 Å². The van der Waals surface area contributed by atoms with Gasteiger partial charge in [-0.2, -0.15) is 0 Å². The van der Waals surface area contributed by atoms with Crippen molar-refractivity contribution < 1.29 is 4.42 Å². The van der Waals surface area contributed by atoms with Crippen molar-refractivity contribution in [2.24, 2.45) is 0 Å². The first-order valence-corrected chi connectivity index (χ1v) is 20.4. The van der Waals surface area contributed by atoms with Crippen molar-refractivity contribution >= 4 is 65.0 Å². The summed E-state index contributed by atoms with van der Waals surface area (Å²) in [7, 11) is 0. The lowest BCUT2D eigenvalue weighted by atomic mass is 9.82. The Bertz CT molecular complexity index is 3610. The fourth-order valence-corrected chi connectivity index (χ4v) is 10.3.